The van der Waals surface area contributed by atoms with Gasteiger partial charge in [-0.1, -0.05) is 18.2 Å². The minimum absolute atomic E-state index is 0.313. The largest absolute Gasteiger partial charge is 0.372 e. The Morgan fingerprint density at radius 2 is 1.84 bits per heavy atom. The molecule has 1 saturated heterocycles. The van der Waals surface area contributed by atoms with Crippen LogP contribution in [0, 0.1) is 0 Å². The summed E-state index contributed by atoms with van der Waals surface area (Å²) in [5.41, 5.74) is 2.79. The van der Waals surface area contributed by atoms with Crippen molar-refractivity contribution in [3.8, 4) is 0 Å². The molecule has 3 heteroatoms. The third-order valence-corrected chi connectivity index (χ3v) is 3.91. The molecule has 1 heterocycles. The lowest BCUT2D eigenvalue weighted by Crippen LogP contribution is -2.46. The molecular formula is C16H24N2O. The highest BCUT2D eigenvalue weighted by molar-refractivity contribution is 5.54. The number of para-hydroxylation sites is 1. The fourth-order valence-corrected chi connectivity index (χ4v) is 2.89. The first-order valence-electron chi connectivity index (χ1n) is 7.44. The zero-order chi connectivity index (χ0) is 13.2. The van der Waals surface area contributed by atoms with Crippen LogP contribution in [0.15, 0.2) is 24.3 Å². The third-order valence-electron chi connectivity index (χ3n) is 3.91. The lowest BCUT2D eigenvalue weighted by molar-refractivity contribution is -0.00526. The minimum Gasteiger partial charge on any atom is -0.372 e. The predicted molar refractivity (Wildman–Crippen MR) is 78.5 cm³/mol. The van der Waals surface area contributed by atoms with Gasteiger partial charge in [0.15, 0.2) is 0 Å². The molecule has 3 rings (SSSR count). The second-order valence-corrected chi connectivity index (χ2v) is 5.95. The molecule has 0 spiro atoms. The van der Waals surface area contributed by atoms with Gasteiger partial charge in [-0.25, -0.2) is 0 Å². The van der Waals surface area contributed by atoms with Gasteiger partial charge in [-0.05, 0) is 38.3 Å². The minimum atomic E-state index is 0.313. The number of nitrogens with one attached hydrogen (secondary N) is 1. The van der Waals surface area contributed by atoms with E-state index in [1.165, 1.54) is 24.1 Å². The fourth-order valence-electron chi connectivity index (χ4n) is 2.89. The zero-order valence-corrected chi connectivity index (χ0v) is 11.9. The summed E-state index contributed by atoms with van der Waals surface area (Å²) in [4.78, 5) is 2.47. The van der Waals surface area contributed by atoms with Gasteiger partial charge in [0.05, 0.1) is 12.2 Å². The number of hydrogen-bond acceptors (Lipinski definition) is 3. The van der Waals surface area contributed by atoms with E-state index >= 15 is 0 Å². The van der Waals surface area contributed by atoms with Crippen LogP contribution in [-0.2, 0) is 11.3 Å². The van der Waals surface area contributed by atoms with Crippen LogP contribution >= 0.6 is 0 Å². The number of nitrogens with zero attached hydrogens (tertiary/aromatic N) is 1. The Balaban J connectivity index is 1.74. The van der Waals surface area contributed by atoms with Gasteiger partial charge in [-0.15, -0.1) is 0 Å². The maximum absolute atomic E-state index is 5.83. The normalized spacial score (nSPS) is 27.6. The summed E-state index contributed by atoms with van der Waals surface area (Å²) < 4.78 is 5.83. The van der Waals surface area contributed by atoms with Crippen molar-refractivity contribution in [1.29, 1.82) is 0 Å². The molecule has 2 aliphatic rings. The van der Waals surface area contributed by atoms with Gasteiger partial charge >= 0.3 is 0 Å². The van der Waals surface area contributed by atoms with Crippen molar-refractivity contribution in [3.05, 3.63) is 29.8 Å². The maximum atomic E-state index is 5.83. The van der Waals surface area contributed by atoms with Gasteiger partial charge in [0.25, 0.3) is 0 Å². The summed E-state index contributed by atoms with van der Waals surface area (Å²) in [6.45, 7) is 7.29. The molecule has 2 atom stereocenters. The Kier molecular flexibility index (Phi) is 3.76. The van der Waals surface area contributed by atoms with Crippen molar-refractivity contribution in [3.63, 3.8) is 0 Å². The topological polar surface area (TPSA) is 24.5 Å². The summed E-state index contributed by atoms with van der Waals surface area (Å²) in [6, 6.07) is 9.53. The van der Waals surface area contributed by atoms with Gasteiger partial charge in [0.1, 0.15) is 0 Å². The van der Waals surface area contributed by atoms with Crippen molar-refractivity contribution in [2.24, 2.45) is 0 Å². The van der Waals surface area contributed by atoms with Crippen molar-refractivity contribution >= 4 is 5.69 Å². The second kappa shape index (κ2) is 5.51. The highest BCUT2D eigenvalue weighted by atomic mass is 16.5. The van der Waals surface area contributed by atoms with E-state index in [1.54, 1.807) is 0 Å². The lowest BCUT2D eigenvalue weighted by Gasteiger charge is -2.37. The molecule has 0 unspecified atom stereocenters. The first kappa shape index (κ1) is 12.9. The SMILES string of the molecule is C[C@@H]1CN(c2ccccc2CNC2CC2)C[C@H](C)O1. The first-order valence-corrected chi connectivity index (χ1v) is 7.44. The summed E-state index contributed by atoms with van der Waals surface area (Å²) >= 11 is 0. The van der Waals surface area contributed by atoms with Crippen molar-refractivity contribution in [2.45, 2.75) is 51.5 Å². The Bertz CT molecular complexity index is 421. The second-order valence-electron chi connectivity index (χ2n) is 5.95. The van der Waals surface area contributed by atoms with Crippen LogP contribution in [0.1, 0.15) is 32.3 Å². The summed E-state index contributed by atoms with van der Waals surface area (Å²) in [5, 5.41) is 3.62. The van der Waals surface area contributed by atoms with Crippen LogP contribution in [-0.4, -0.2) is 31.3 Å². The lowest BCUT2D eigenvalue weighted by atomic mass is 10.1. The van der Waals surface area contributed by atoms with Crippen molar-refractivity contribution < 1.29 is 4.74 Å². The molecule has 1 saturated carbocycles. The number of anilines is 1. The molecule has 1 aromatic rings. The van der Waals surface area contributed by atoms with E-state index in [1.807, 2.05) is 0 Å². The molecule has 19 heavy (non-hydrogen) atoms. The molecule has 1 aliphatic heterocycles. The maximum Gasteiger partial charge on any atom is 0.0726 e. The molecule has 0 aromatic heterocycles. The summed E-state index contributed by atoms with van der Waals surface area (Å²) in [6.07, 6.45) is 3.31. The Morgan fingerprint density at radius 1 is 1.16 bits per heavy atom. The van der Waals surface area contributed by atoms with Crippen LogP contribution in [0.4, 0.5) is 5.69 Å². The standard InChI is InChI=1S/C16H24N2O/c1-12-10-18(11-13(2)19-12)16-6-4-3-5-14(16)9-17-15-7-8-15/h3-6,12-13,15,17H,7-11H2,1-2H3/t12-,13+. The van der Waals surface area contributed by atoms with E-state index in [0.29, 0.717) is 12.2 Å². The van der Waals surface area contributed by atoms with Gasteiger partial charge in [0, 0.05) is 31.4 Å². The van der Waals surface area contributed by atoms with Gasteiger partial charge in [-0.2, -0.15) is 0 Å². The van der Waals surface area contributed by atoms with Crippen LogP contribution in [0.2, 0.25) is 0 Å². The molecule has 1 aromatic carbocycles. The average molecular weight is 260 g/mol. The van der Waals surface area contributed by atoms with Gasteiger partial charge < -0.3 is 15.0 Å². The first-order chi connectivity index (χ1) is 9.22. The highest BCUT2D eigenvalue weighted by Gasteiger charge is 2.25. The van der Waals surface area contributed by atoms with E-state index < -0.39 is 0 Å². The Morgan fingerprint density at radius 3 is 2.53 bits per heavy atom. The van der Waals surface area contributed by atoms with Gasteiger partial charge in [-0.3, -0.25) is 0 Å². The fraction of sp³-hybridized carbons (Fsp3) is 0.625. The van der Waals surface area contributed by atoms with E-state index in [4.69, 9.17) is 4.74 Å². The van der Waals surface area contributed by atoms with Crippen LogP contribution < -0.4 is 10.2 Å². The van der Waals surface area contributed by atoms with E-state index in [-0.39, 0.29) is 0 Å². The highest BCUT2D eigenvalue weighted by Crippen LogP contribution is 2.26. The van der Waals surface area contributed by atoms with Crippen LogP contribution in [0.3, 0.4) is 0 Å². The van der Waals surface area contributed by atoms with Crippen LogP contribution in [0.25, 0.3) is 0 Å². The molecule has 3 nitrogen and oxygen atoms in total. The zero-order valence-electron chi connectivity index (χ0n) is 11.9. The number of rotatable bonds is 4. The predicted octanol–water partition coefficient (Wildman–Crippen LogP) is 2.55. The number of hydrogen-bond donors (Lipinski definition) is 1. The van der Waals surface area contributed by atoms with E-state index in [9.17, 15) is 0 Å². The summed E-state index contributed by atoms with van der Waals surface area (Å²) in [5.74, 6) is 0. The van der Waals surface area contributed by atoms with Gasteiger partial charge in [0.2, 0.25) is 0 Å². The summed E-state index contributed by atoms with van der Waals surface area (Å²) in [7, 11) is 0. The van der Waals surface area contributed by atoms with E-state index in [2.05, 4.69) is 48.3 Å². The molecule has 1 N–H and O–H groups in total. The molecule has 0 amide bonds. The molecule has 0 bridgehead atoms. The Hall–Kier alpha value is -1.06. The molecule has 104 valence electrons. The quantitative estimate of drug-likeness (QED) is 0.900. The smallest absolute Gasteiger partial charge is 0.0726 e. The molecule has 0 radical (unpaired) electrons. The number of ether oxygens (including phenoxy) is 1. The molecule has 2 fully saturated rings. The number of benzene rings is 1. The number of morpholine rings is 1. The average Bonchev–Trinajstić information content (AvgIpc) is 3.19. The van der Waals surface area contributed by atoms with Crippen molar-refractivity contribution in [2.75, 3.05) is 18.0 Å². The monoisotopic (exact) mass is 260 g/mol. The third kappa shape index (κ3) is 3.28. The van der Waals surface area contributed by atoms with E-state index in [0.717, 1.165) is 25.7 Å². The van der Waals surface area contributed by atoms with Crippen molar-refractivity contribution in [1.82, 2.24) is 5.32 Å². The molecule has 1 aliphatic carbocycles. The molecular weight excluding hydrogens is 236 g/mol. The Labute approximate surface area is 115 Å². The van der Waals surface area contributed by atoms with Crippen LogP contribution in [0.5, 0.6) is 0 Å².